The van der Waals surface area contributed by atoms with Crippen LogP contribution in [0.1, 0.15) is 23.4 Å². The Morgan fingerprint density at radius 1 is 1.38 bits per heavy atom. The molecule has 2 heterocycles. The molecule has 140 valence electrons. The molecule has 0 aliphatic carbocycles. The third-order valence-electron chi connectivity index (χ3n) is 4.15. The maximum Gasteiger partial charge on any atom is 0.226 e. The summed E-state index contributed by atoms with van der Waals surface area (Å²) in [7, 11) is 0. The van der Waals surface area contributed by atoms with Gasteiger partial charge in [0, 0.05) is 24.6 Å². The van der Waals surface area contributed by atoms with E-state index in [2.05, 4.69) is 33.1 Å². The molecule has 26 heavy (non-hydrogen) atoms. The zero-order chi connectivity index (χ0) is 18.4. The van der Waals surface area contributed by atoms with Gasteiger partial charge in [-0.2, -0.15) is 0 Å². The average molecular weight is 474 g/mol. The maximum atomic E-state index is 13.6. The summed E-state index contributed by atoms with van der Waals surface area (Å²) < 4.78 is 30.4. The summed E-state index contributed by atoms with van der Waals surface area (Å²) in [5.41, 5.74) is 1.06. The Morgan fingerprint density at radius 2 is 2.23 bits per heavy atom. The molecule has 1 aromatic heterocycles. The molecule has 1 fully saturated rings. The van der Waals surface area contributed by atoms with Crippen molar-refractivity contribution in [3.8, 4) is 0 Å². The fourth-order valence-electron chi connectivity index (χ4n) is 2.64. The highest BCUT2D eigenvalue weighted by molar-refractivity contribution is 14.1. The Morgan fingerprint density at radius 3 is 3.00 bits per heavy atom. The lowest BCUT2D eigenvalue weighted by Gasteiger charge is -2.08. The van der Waals surface area contributed by atoms with Crippen molar-refractivity contribution in [2.24, 2.45) is 5.92 Å². The molecule has 0 bridgehead atoms. The summed E-state index contributed by atoms with van der Waals surface area (Å²) in [6.45, 7) is 2.39. The quantitative estimate of drug-likeness (QED) is 0.596. The van der Waals surface area contributed by atoms with Gasteiger partial charge in [-0.3, -0.25) is 4.79 Å². The number of nitrogens with zero attached hydrogens (tertiary/aromatic N) is 1. The van der Waals surface area contributed by atoms with E-state index in [4.69, 9.17) is 14.0 Å². The molecule has 0 saturated carbocycles. The largest absolute Gasteiger partial charge is 0.381 e. The van der Waals surface area contributed by atoms with Gasteiger partial charge in [-0.15, -0.1) is 0 Å². The molecule has 1 amide bonds. The number of halogens is 2. The van der Waals surface area contributed by atoms with Gasteiger partial charge in [0.1, 0.15) is 18.1 Å². The number of ether oxygens (including phenoxy) is 2. The first kappa shape index (κ1) is 19.2. The normalized spacial score (nSPS) is 16.8. The van der Waals surface area contributed by atoms with Crippen LogP contribution in [0, 0.1) is 15.3 Å². The van der Waals surface area contributed by atoms with Crippen LogP contribution in [0.3, 0.4) is 0 Å². The third kappa shape index (κ3) is 5.24. The molecular formula is C18H20FIN2O4. The fraction of sp³-hybridized carbons (Fsp3) is 0.444. The van der Waals surface area contributed by atoms with Crippen molar-refractivity contribution in [1.29, 1.82) is 0 Å². The summed E-state index contributed by atoms with van der Waals surface area (Å²) in [5.74, 6) is 0.526. The van der Waals surface area contributed by atoms with Gasteiger partial charge in [0.2, 0.25) is 5.91 Å². The number of carbonyl (C=O) groups is 1. The average Bonchev–Trinajstić information content (AvgIpc) is 3.27. The van der Waals surface area contributed by atoms with Crippen LogP contribution in [0.5, 0.6) is 0 Å². The molecule has 0 spiro atoms. The minimum Gasteiger partial charge on any atom is -0.381 e. The fourth-order valence-corrected chi connectivity index (χ4v) is 3.18. The molecule has 1 saturated heterocycles. The first-order valence-electron chi connectivity index (χ1n) is 8.42. The van der Waals surface area contributed by atoms with Gasteiger partial charge >= 0.3 is 0 Å². The van der Waals surface area contributed by atoms with E-state index in [-0.39, 0.29) is 31.4 Å². The van der Waals surface area contributed by atoms with E-state index in [1.165, 1.54) is 6.07 Å². The topological polar surface area (TPSA) is 73.6 Å². The van der Waals surface area contributed by atoms with Gasteiger partial charge in [-0.05, 0) is 35.1 Å². The second-order valence-electron chi connectivity index (χ2n) is 6.16. The molecule has 1 aromatic carbocycles. The molecule has 1 unspecified atom stereocenters. The molecule has 1 atom stereocenters. The minimum atomic E-state index is -0.301. The molecule has 1 N–H and O–H groups in total. The second kappa shape index (κ2) is 9.43. The lowest BCUT2D eigenvalue weighted by Crippen LogP contribution is -2.30. The van der Waals surface area contributed by atoms with Crippen LogP contribution in [0.2, 0.25) is 0 Å². The van der Waals surface area contributed by atoms with Crippen molar-refractivity contribution in [3.63, 3.8) is 0 Å². The summed E-state index contributed by atoms with van der Waals surface area (Å²) in [5, 5.41) is 6.86. The number of benzene rings is 1. The highest BCUT2D eigenvalue weighted by Gasteiger charge is 2.19. The molecule has 2 aromatic rings. The zero-order valence-electron chi connectivity index (χ0n) is 14.2. The van der Waals surface area contributed by atoms with E-state index >= 15 is 0 Å². The van der Waals surface area contributed by atoms with Gasteiger partial charge in [0.15, 0.2) is 5.76 Å². The Kier molecular flexibility index (Phi) is 6.98. The van der Waals surface area contributed by atoms with Crippen molar-refractivity contribution >= 4 is 28.5 Å². The summed E-state index contributed by atoms with van der Waals surface area (Å²) in [6, 6.07) is 6.46. The number of amides is 1. The predicted octanol–water partition coefficient (Wildman–Crippen LogP) is 2.83. The molecule has 3 rings (SSSR count). The molecular weight excluding hydrogens is 454 g/mol. The van der Waals surface area contributed by atoms with E-state index in [9.17, 15) is 9.18 Å². The van der Waals surface area contributed by atoms with E-state index in [0.29, 0.717) is 36.1 Å². The maximum absolute atomic E-state index is 13.6. The molecule has 8 heteroatoms. The van der Waals surface area contributed by atoms with Crippen LogP contribution in [-0.2, 0) is 33.9 Å². The number of nitrogens with one attached hydrogen (secondary N) is 1. The number of hydrogen-bond donors (Lipinski definition) is 1. The van der Waals surface area contributed by atoms with Gasteiger partial charge in [0.05, 0.1) is 23.2 Å². The molecule has 6 nitrogen and oxygen atoms in total. The Hall–Kier alpha value is -1.52. The van der Waals surface area contributed by atoms with E-state index < -0.39 is 0 Å². The second-order valence-corrected chi connectivity index (χ2v) is 7.24. The van der Waals surface area contributed by atoms with E-state index in [1.54, 1.807) is 18.2 Å². The minimum absolute atomic E-state index is 0.0954. The van der Waals surface area contributed by atoms with Gasteiger partial charge in [-0.1, -0.05) is 23.4 Å². The smallest absolute Gasteiger partial charge is 0.226 e. The van der Waals surface area contributed by atoms with Crippen LogP contribution < -0.4 is 5.32 Å². The van der Waals surface area contributed by atoms with Gasteiger partial charge in [0.25, 0.3) is 0 Å². The summed E-state index contributed by atoms with van der Waals surface area (Å²) in [6.07, 6.45) is 1.13. The Bertz CT molecular complexity index is 747. The predicted molar refractivity (Wildman–Crippen MR) is 99.8 cm³/mol. The van der Waals surface area contributed by atoms with Crippen LogP contribution in [0.4, 0.5) is 4.39 Å². The number of rotatable bonds is 8. The third-order valence-corrected chi connectivity index (χ3v) is 5.38. The number of aromatic nitrogens is 1. The SMILES string of the molecule is O=C(Cc1noc(COCc2ccccc2F)c1I)NCC1CCOC1. The van der Waals surface area contributed by atoms with Crippen molar-refractivity contribution in [2.75, 3.05) is 19.8 Å². The first-order chi connectivity index (χ1) is 12.6. The summed E-state index contributed by atoms with van der Waals surface area (Å²) in [4.78, 5) is 12.1. The van der Waals surface area contributed by atoms with Crippen molar-refractivity contribution in [2.45, 2.75) is 26.1 Å². The van der Waals surface area contributed by atoms with Crippen LogP contribution in [0.15, 0.2) is 28.8 Å². The summed E-state index contributed by atoms with van der Waals surface area (Å²) >= 11 is 2.09. The van der Waals surface area contributed by atoms with Crippen molar-refractivity contribution < 1.29 is 23.2 Å². The van der Waals surface area contributed by atoms with Crippen LogP contribution in [0.25, 0.3) is 0 Å². The van der Waals surface area contributed by atoms with Gasteiger partial charge in [-0.25, -0.2) is 4.39 Å². The lowest BCUT2D eigenvalue weighted by atomic mass is 10.1. The highest BCUT2D eigenvalue weighted by atomic mass is 127. The molecule has 0 radical (unpaired) electrons. The lowest BCUT2D eigenvalue weighted by molar-refractivity contribution is -0.120. The molecule has 1 aliphatic rings. The van der Waals surface area contributed by atoms with E-state index in [0.717, 1.165) is 16.6 Å². The van der Waals surface area contributed by atoms with Crippen molar-refractivity contribution in [1.82, 2.24) is 10.5 Å². The monoisotopic (exact) mass is 474 g/mol. The van der Waals surface area contributed by atoms with Gasteiger partial charge < -0.3 is 19.3 Å². The Labute approximate surface area is 164 Å². The molecule has 1 aliphatic heterocycles. The van der Waals surface area contributed by atoms with Crippen LogP contribution >= 0.6 is 22.6 Å². The standard InChI is InChI=1S/C18H20FIN2O4/c19-14-4-2-1-3-13(14)10-25-11-16-18(20)15(22-26-16)7-17(23)21-8-12-5-6-24-9-12/h1-4,12H,5-11H2,(H,21,23). The van der Waals surface area contributed by atoms with Crippen molar-refractivity contribution in [3.05, 3.63) is 50.7 Å². The van der Waals surface area contributed by atoms with E-state index in [1.807, 2.05) is 0 Å². The van der Waals surface area contributed by atoms with Crippen LogP contribution in [-0.4, -0.2) is 30.8 Å². The Balaban J connectivity index is 1.46. The highest BCUT2D eigenvalue weighted by Crippen LogP contribution is 2.19. The number of carbonyl (C=O) groups excluding carboxylic acids is 1. The first-order valence-corrected chi connectivity index (χ1v) is 9.50. The number of hydrogen-bond acceptors (Lipinski definition) is 5. The zero-order valence-corrected chi connectivity index (χ0v) is 16.3.